The fraction of sp³-hybridized carbons (Fsp3) is 0.640. The molecular weight excluding hydrogens is 457 g/mol. The largest absolute Gasteiger partial charge is 0.379 e. The Morgan fingerprint density at radius 1 is 1.21 bits per heavy atom. The molecule has 1 heterocycles. The number of rotatable bonds is 10. The zero-order valence-corrected chi connectivity index (χ0v) is 21.2. The van der Waals surface area contributed by atoms with Crippen molar-refractivity contribution in [3.05, 3.63) is 41.7 Å². The number of amides is 1. The fourth-order valence-electron chi connectivity index (χ4n) is 4.88. The third-order valence-electron chi connectivity index (χ3n) is 7.00. The maximum absolute atomic E-state index is 13.2. The second-order valence-electron chi connectivity index (χ2n) is 9.73. The van der Waals surface area contributed by atoms with Crippen LogP contribution in [0, 0.1) is 29.5 Å². The Morgan fingerprint density at radius 3 is 2.53 bits per heavy atom. The molecule has 0 aromatic heterocycles. The minimum absolute atomic E-state index is 0.0378. The van der Waals surface area contributed by atoms with E-state index in [2.05, 4.69) is 34.9 Å². The standard InChI is InChI=1S/C25H38FN3O4S/c1-18(2)24-15-20(16-25(30)27-8-9-29-10-12-33-13-11-29)19(3)14-21(24)17-28-34(31,32)23-6-4-22(26)5-7-23/h4-7,14,18,20-21,24,28H,8-13,15-17H2,1-3H3,(H,27,30). The number of morpholine rings is 1. The van der Waals surface area contributed by atoms with E-state index in [1.165, 1.54) is 12.1 Å². The maximum atomic E-state index is 13.2. The number of hydrogen-bond donors (Lipinski definition) is 2. The molecule has 0 bridgehead atoms. The van der Waals surface area contributed by atoms with Crippen molar-refractivity contribution in [1.29, 1.82) is 0 Å². The molecule has 1 aromatic rings. The first-order chi connectivity index (χ1) is 16.2. The van der Waals surface area contributed by atoms with E-state index >= 15 is 0 Å². The highest BCUT2D eigenvalue weighted by atomic mass is 32.2. The molecule has 1 aromatic carbocycles. The van der Waals surface area contributed by atoms with Gasteiger partial charge >= 0.3 is 0 Å². The Balaban J connectivity index is 1.55. The molecule has 0 radical (unpaired) electrons. The quantitative estimate of drug-likeness (QED) is 0.488. The average Bonchev–Trinajstić information content (AvgIpc) is 2.80. The molecule has 1 saturated heterocycles. The summed E-state index contributed by atoms with van der Waals surface area (Å²) in [5, 5.41) is 3.05. The molecule has 1 aliphatic heterocycles. The number of sulfonamides is 1. The fourth-order valence-corrected chi connectivity index (χ4v) is 5.96. The Morgan fingerprint density at radius 2 is 1.88 bits per heavy atom. The molecule has 3 unspecified atom stereocenters. The first kappa shape index (κ1) is 26.8. The van der Waals surface area contributed by atoms with E-state index in [9.17, 15) is 17.6 Å². The number of ether oxygens (including phenoxy) is 1. The van der Waals surface area contributed by atoms with Crippen LogP contribution in [0.1, 0.15) is 33.6 Å². The number of nitrogens with zero attached hydrogens (tertiary/aromatic N) is 1. The monoisotopic (exact) mass is 495 g/mol. The topological polar surface area (TPSA) is 87.7 Å². The van der Waals surface area contributed by atoms with Gasteiger partial charge in [-0.05, 0) is 61.3 Å². The lowest BCUT2D eigenvalue weighted by atomic mass is 9.70. The Hall–Kier alpha value is -1.81. The predicted molar refractivity (Wildman–Crippen MR) is 130 cm³/mol. The molecule has 0 spiro atoms. The van der Waals surface area contributed by atoms with Gasteiger partial charge < -0.3 is 10.1 Å². The van der Waals surface area contributed by atoms with Crippen molar-refractivity contribution in [3.8, 4) is 0 Å². The number of allylic oxidation sites excluding steroid dienone is 1. The van der Waals surface area contributed by atoms with Crippen molar-refractivity contribution in [2.75, 3.05) is 45.9 Å². The predicted octanol–water partition coefficient (Wildman–Crippen LogP) is 2.80. The van der Waals surface area contributed by atoms with E-state index in [-0.39, 0.29) is 35.1 Å². The summed E-state index contributed by atoms with van der Waals surface area (Å²) in [6, 6.07) is 4.83. The number of benzene rings is 1. The van der Waals surface area contributed by atoms with Gasteiger partial charge in [0, 0.05) is 39.1 Å². The highest BCUT2D eigenvalue weighted by Crippen LogP contribution is 2.38. The minimum Gasteiger partial charge on any atom is -0.379 e. The third kappa shape index (κ3) is 7.60. The van der Waals surface area contributed by atoms with Crippen LogP contribution in [-0.4, -0.2) is 65.2 Å². The lowest BCUT2D eigenvalue weighted by Crippen LogP contribution is -2.42. The van der Waals surface area contributed by atoms with Crippen LogP contribution in [0.2, 0.25) is 0 Å². The van der Waals surface area contributed by atoms with Crippen LogP contribution in [0.15, 0.2) is 40.8 Å². The van der Waals surface area contributed by atoms with Crippen molar-refractivity contribution in [3.63, 3.8) is 0 Å². The van der Waals surface area contributed by atoms with Gasteiger partial charge in [-0.15, -0.1) is 0 Å². The van der Waals surface area contributed by atoms with E-state index in [0.29, 0.717) is 18.9 Å². The first-order valence-electron chi connectivity index (χ1n) is 12.2. The van der Waals surface area contributed by atoms with Crippen molar-refractivity contribution in [2.45, 2.75) is 38.5 Å². The maximum Gasteiger partial charge on any atom is 0.240 e. The van der Waals surface area contributed by atoms with E-state index < -0.39 is 15.8 Å². The summed E-state index contributed by atoms with van der Waals surface area (Å²) in [4.78, 5) is 14.9. The molecular formula is C25H38FN3O4S. The SMILES string of the molecule is CC1=CC(CNS(=O)(=O)c2ccc(F)cc2)C(C(C)C)CC1CC(=O)NCCN1CCOCC1. The number of carbonyl (C=O) groups is 1. The Bertz CT molecular complexity index is 943. The van der Waals surface area contributed by atoms with E-state index in [1.54, 1.807) is 0 Å². The number of nitrogens with one attached hydrogen (secondary N) is 2. The van der Waals surface area contributed by atoms with Gasteiger partial charge in [0.05, 0.1) is 18.1 Å². The van der Waals surface area contributed by atoms with Crippen LogP contribution in [-0.2, 0) is 19.6 Å². The summed E-state index contributed by atoms with van der Waals surface area (Å²) in [5.74, 6) is 0.378. The Labute approximate surface area is 203 Å². The highest BCUT2D eigenvalue weighted by molar-refractivity contribution is 7.89. The third-order valence-corrected chi connectivity index (χ3v) is 8.44. The number of carbonyl (C=O) groups excluding carboxylic acids is 1. The summed E-state index contributed by atoms with van der Waals surface area (Å²) < 4.78 is 46.5. The average molecular weight is 496 g/mol. The molecule has 2 N–H and O–H groups in total. The van der Waals surface area contributed by atoms with Gasteiger partial charge in [-0.2, -0.15) is 0 Å². The summed E-state index contributed by atoms with van der Waals surface area (Å²) >= 11 is 0. The van der Waals surface area contributed by atoms with Gasteiger partial charge in [0.25, 0.3) is 0 Å². The van der Waals surface area contributed by atoms with Gasteiger partial charge in [-0.1, -0.05) is 25.5 Å². The summed E-state index contributed by atoms with van der Waals surface area (Å²) in [5.41, 5.74) is 1.13. The smallest absolute Gasteiger partial charge is 0.240 e. The molecule has 3 atom stereocenters. The van der Waals surface area contributed by atoms with Crippen molar-refractivity contribution in [2.24, 2.45) is 23.7 Å². The zero-order valence-electron chi connectivity index (χ0n) is 20.4. The lowest BCUT2D eigenvalue weighted by molar-refractivity contribution is -0.122. The van der Waals surface area contributed by atoms with Crippen LogP contribution in [0.5, 0.6) is 0 Å². The van der Waals surface area contributed by atoms with Gasteiger partial charge in [0.15, 0.2) is 0 Å². The van der Waals surface area contributed by atoms with Gasteiger partial charge in [-0.25, -0.2) is 17.5 Å². The van der Waals surface area contributed by atoms with Crippen LogP contribution in [0.25, 0.3) is 0 Å². The Kier molecular flexibility index (Phi) is 9.65. The summed E-state index contributed by atoms with van der Waals surface area (Å²) in [7, 11) is -3.72. The lowest BCUT2D eigenvalue weighted by Gasteiger charge is -2.37. The van der Waals surface area contributed by atoms with E-state index in [0.717, 1.165) is 57.0 Å². The molecule has 1 amide bonds. The van der Waals surface area contributed by atoms with E-state index in [4.69, 9.17) is 4.74 Å². The molecule has 1 fully saturated rings. The van der Waals surface area contributed by atoms with Gasteiger partial charge in [0.1, 0.15) is 5.82 Å². The van der Waals surface area contributed by atoms with Crippen molar-refractivity contribution < 1.29 is 22.3 Å². The first-order valence-corrected chi connectivity index (χ1v) is 13.6. The molecule has 2 aliphatic rings. The van der Waals surface area contributed by atoms with Crippen LogP contribution in [0.3, 0.4) is 0 Å². The molecule has 34 heavy (non-hydrogen) atoms. The molecule has 190 valence electrons. The highest BCUT2D eigenvalue weighted by Gasteiger charge is 2.33. The van der Waals surface area contributed by atoms with Crippen molar-refractivity contribution >= 4 is 15.9 Å². The van der Waals surface area contributed by atoms with Crippen molar-refractivity contribution in [1.82, 2.24) is 14.9 Å². The molecule has 1 aliphatic carbocycles. The van der Waals surface area contributed by atoms with E-state index in [1.807, 2.05) is 6.92 Å². The van der Waals surface area contributed by atoms with Crippen LogP contribution in [0.4, 0.5) is 4.39 Å². The summed E-state index contributed by atoms with van der Waals surface area (Å²) in [6.45, 7) is 11.4. The number of halogens is 1. The second-order valence-corrected chi connectivity index (χ2v) is 11.5. The van der Waals surface area contributed by atoms with Crippen LogP contribution >= 0.6 is 0 Å². The molecule has 0 saturated carbocycles. The minimum atomic E-state index is -3.72. The normalized spacial score (nSPS) is 24.1. The molecule has 3 rings (SSSR count). The molecule has 7 nitrogen and oxygen atoms in total. The number of hydrogen-bond acceptors (Lipinski definition) is 5. The van der Waals surface area contributed by atoms with Crippen LogP contribution < -0.4 is 10.0 Å². The second kappa shape index (κ2) is 12.2. The van der Waals surface area contributed by atoms with Gasteiger partial charge in [0.2, 0.25) is 15.9 Å². The summed E-state index contributed by atoms with van der Waals surface area (Å²) in [6.07, 6.45) is 3.43. The van der Waals surface area contributed by atoms with Gasteiger partial charge in [-0.3, -0.25) is 9.69 Å². The zero-order chi connectivity index (χ0) is 24.7. The molecule has 9 heteroatoms.